The summed E-state index contributed by atoms with van der Waals surface area (Å²) >= 11 is 0. The van der Waals surface area contributed by atoms with Crippen LogP contribution >= 0.6 is 0 Å². The molecule has 112 valence electrons. The average Bonchev–Trinajstić information content (AvgIpc) is 2.38. The quantitative estimate of drug-likeness (QED) is 0.685. The van der Waals surface area contributed by atoms with Gasteiger partial charge in [0.2, 0.25) is 0 Å². The number of aromatic carboxylic acids is 1. The van der Waals surface area contributed by atoms with Gasteiger partial charge in [-0.2, -0.15) is 0 Å². The van der Waals surface area contributed by atoms with Gasteiger partial charge in [0.15, 0.2) is 0 Å². The highest BCUT2D eigenvalue weighted by Crippen LogP contribution is 2.21. The number of benzene rings is 1. The van der Waals surface area contributed by atoms with Crippen LogP contribution in [-0.4, -0.2) is 29.3 Å². The Morgan fingerprint density at radius 3 is 2.70 bits per heavy atom. The van der Waals surface area contributed by atoms with Crippen molar-refractivity contribution < 1.29 is 19.4 Å². The molecule has 0 aromatic heterocycles. The molecule has 0 amide bonds. The molecule has 5 heteroatoms. The molecule has 0 saturated carbocycles. The van der Waals surface area contributed by atoms with Crippen molar-refractivity contribution in [3.05, 3.63) is 35.1 Å². The summed E-state index contributed by atoms with van der Waals surface area (Å²) in [5.74, 6) is -1.47. The van der Waals surface area contributed by atoms with Crippen molar-refractivity contribution in [3.63, 3.8) is 0 Å². The summed E-state index contributed by atoms with van der Waals surface area (Å²) in [6.07, 6.45) is 1.60. The summed E-state index contributed by atoms with van der Waals surface area (Å²) in [6, 6.07) is 3.79. The largest absolute Gasteiger partial charge is 0.478 e. The predicted octanol–water partition coefficient (Wildman–Crippen LogP) is 2.41. The lowest BCUT2D eigenvalue weighted by molar-refractivity contribution is 0.0696. The number of carbonyl (C=O) groups is 1. The lowest BCUT2D eigenvalue weighted by atomic mass is 9.88. The van der Waals surface area contributed by atoms with Crippen LogP contribution in [0.25, 0.3) is 0 Å². The molecule has 3 N–H and O–H groups in total. The number of carboxylic acids is 1. The van der Waals surface area contributed by atoms with Crippen molar-refractivity contribution in [3.8, 4) is 0 Å². The molecule has 0 aliphatic heterocycles. The Kier molecular flexibility index (Phi) is 6.10. The fourth-order valence-electron chi connectivity index (χ4n) is 2.02. The second-order valence-electron chi connectivity index (χ2n) is 5.71. The van der Waals surface area contributed by atoms with Crippen LogP contribution < -0.4 is 5.32 Å². The normalized spacial score (nSPS) is 11.6. The van der Waals surface area contributed by atoms with E-state index in [1.165, 1.54) is 18.2 Å². The topological polar surface area (TPSA) is 69.6 Å². The van der Waals surface area contributed by atoms with E-state index in [9.17, 15) is 9.18 Å². The molecule has 0 radical (unpaired) electrons. The maximum Gasteiger partial charge on any atom is 0.335 e. The Hall–Kier alpha value is -1.46. The fourth-order valence-corrected chi connectivity index (χ4v) is 2.02. The second-order valence-corrected chi connectivity index (χ2v) is 5.71. The zero-order valence-electron chi connectivity index (χ0n) is 11.9. The Balaban J connectivity index is 2.57. The molecular formula is C15H22FNO3. The van der Waals surface area contributed by atoms with Crippen LogP contribution in [0.5, 0.6) is 0 Å². The molecular weight excluding hydrogens is 261 g/mol. The zero-order valence-corrected chi connectivity index (χ0v) is 11.9. The van der Waals surface area contributed by atoms with E-state index in [0.29, 0.717) is 12.1 Å². The SMILES string of the molecule is CC(C)(CCCO)CNCc1cc(C(=O)O)ccc1F. The van der Waals surface area contributed by atoms with Gasteiger partial charge in [0.05, 0.1) is 5.56 Å². The van der Waals surface area contributed by atoms with Crippen LogP contribution in [0, 0.1) is 11.2 Å². The van der Waals surface area contributed by atoms with Crippen LogP contribution in [0.2, 0.25) is 0 Å². The van der Waals surface area contributed by atoms with Gasteiger partial charge in [-0.05, 0) is 36.5 Å². The average molecular weight is 283 g/mol. The minimum atomic E-state index is -1.06. The number of nitrogens with one attached hydrogen (secondary N) is 1. The Bertz CT molecular complexity index is 460. The molecule has 4 nitrogen and oxygen atoms in total. The maximum absolute atomic E-state index is 13.6. The monoisotopic (exact) mass is 283 g/mol. The van der Waals surface area contributed by atoms with E-state index in [4.69, 9.17) is 10.2 Å². The number of hydrogen-bond donors (Lipinski definition) is 3. The van der Waals surface area contributed by atoms with Crippen molar-refractivity contribution in [2.75, 3.05) is 13.2 Å². The van der Waals surface area contributed by atoms with Crippen LogP contribution in [0.15, 0.2) is 18.2 Å². The summed E-state index contributed by atoms with van der Waals surface area (Å²) in [5, 5.41) is 20.9. The lowest BCUT2D eigenvalue weighted by Crippen LogP contribution is -2.29. The van der Waals surface area contributed by atoms with Crippen molar-refractivity contribution in [2.24, 2.45) is 5.41 Å². The van der Waals surface area contributed by atoms with Gasteiger partial charge >= 0.3 is 5.97 Å². The number of aliphatic hydroxyl groups is 1. The molecule has 20 heavy (non-hydrogen) atoms. The third kappa shape index (κ3) is 5.27. The molecule has 1 aromatic rings. The molecule has 0 heterocycles. The first kappa shape index (κ1) is 16.6. The van der Waals surface area contributed by atoms with E-state index < -0.39 is 11.8 Å². The summed E-state index contributed by atoms with van der Waals surface area (Å²) in [5.41, 5.74) is 0.439. The van der Waals surface area contributed by atoms with E-state index in [1.807, 2.05) is 0 Å². The molecule has 0 bridgehead atoms. The van der Waals surface area contributed by atoms with Gasteiger partial charge in [0.25, 0.3) is 0 Å². The molecule has 0 unspecified atom stereocenters. The molecule has 1 aromatic carbocycles. The van der Waals surface area contributed by atoms with E-state index >= 15 is 0 Å². The van der Waals surface area contributed by atoms with Gasteiger partial charge in [-0.3, -0.25) is 0 Å². The van der Waals surface area contributed by atoms with Gasteiger partial charge in [0, 0.05) is 25.3 Å². The van der Waals surface area contributed by atoms with E-state index in [2.05, 4.69) is 19.2 Å². The second kappa shape index (κ2) is 7.36. The number of carboxylic acid groups (broad SMARTS) is 1. The van der Waals surface area contributed by atoms with Crippen molar-refractivity contribution >= 4 is 5.97 Å². The summed E-state index contributed by atoms with van der Waals surface area (Å²) < 4.78 is 13.6. The molecule has 0 spiro atoms. The Morgan fingerprint density at radius 2 is 2.10 bits per heavy atom. The maximum atomic E-state index is 13.6. The van der Waals surface area contributed by atoms with Crippen molar-refractivity contribution in [2.45, 2.75) is 33.2 Å². The lowest BCUT2D eigenvalue weighted by Gasteiger charge is -2.24. The minimum Gasteiger partial charge on any atom is -0.478 e. The first-order valence-corrected chi connectivity index (χ1v) is 6.69. The van der Waals surface area contributed by atoms with Crippen LogP contribution in [0.1, 0.15) is 42.6 Å². The fraction of sp³-hybridized carbons (Fsp3) is 0.533. The summed E-state index contributed by atoms with van der Waals surface area (Å²) in [4.78, 5) is 10.8. The van der Waals surface area contributed by atoms with Crippen LogP contribution in [0.4, 0.5) is 4.39 Å². The molecule has 1 rings (SSSR count). The molecule has 0 aliphatic rings. The van der Waals surface area contributed by atoms with Crippen LogP contribution in [0.3, 0.4) is 0 Å². The molecule has 0 aliphatic carbocycles. The number of hydrogen-bond acceptors (Lipinski definition) is 3. The van der Waals surface area contributed by atoms with Gasteiger partial charge in [-0.15, -0.1) is 0 Å². The highest BCUT2D eigenvalue weighted by atomic mass is 19.1. The predicted molar refractivity (Wildman–Crippen MR) is 75.2 cm³/mol. The zero-order chi connectivity index (χ0) is 15.2. The molecule has 0 atom stereocenters. The van der Waals surface area contributed by atoms with Gasteiger partial charge in [-0.1, -0.05) is 13.8 Å². The number of rotatable bonds is 8. The van der Waals surface area contributed by atoms with Crippen LogP contribution in [-0.2, 0) is 6.54 Å². The summed E-state index contributed by atoms with van der Waals surface area (Å²) in [6.45, 7) is 5.26. The van der Waals surface area contributed by atoms with E-state index in [-0.39, 0.29) is 24.1 Å². The Morgan fingerprint density at radius 1 is 1.40 bits per heavy atom. The first-order chi connectivity index (χ1) is 9.35. The highest BCUT2D eigenvalue weighted by molar-refractivity contribution is 5.87. The third-order valence-electron chi connectivity index (χ3n) is 3.22. The highest BCUT2D eigenvalue weighted by Gasteiger charge is 2.17. The molecule has 0 saturated heterocycles. The van der Waals surface area contributed by atoms with Crippen molar-refractivity contribution in [1.29, 1.82) is 0 Å². The summed E-state index contributed by atoms with van der Waals surface area (Å²) in [7, 11) is 0. The first-order valence-electron chi connectivity index (χ1n) is 6.69. The standard InChI is InChI=1S/C15H22FNO3/c1-15(2,6-3-7-18)10-17-9-12-8-11(14(19)20)4-5-13(12)16/h4-5,8,17-18H,3,6-7,9-10H2,1-2H3,(H,19,20). The number of aliphatic hydroxyl groups excluding tert-OH is 1. The minimum absolute atomic E-state index is 0.00359. The molecule has 0 fully saturated rings. The van der Waals surface area contributed by atoms with E-state index in [1.54, 1.807) is 0 Å². The van der Waals surface area contributed by atoms with Gasteiger partial charge in [-0.25, -0.2) is 9.18 Å². The van der Waals surface area contributed by atoms with Gasteiger partial charge < -0.3 is 15.5 Å². The Labute approximate surface area is 118 Å². The van der Waals surface area contributed by atoms with Crippen molar-refractivity contribution in [1.82, 2.24) is 5.32 Å². The smallest absolute Gasteiger partial charge is 0.335 e. The third-order valence-corrected chi connectivity index (χ3v) is 3.22. The van der Waals surface area contributed by atoms with Gasteiger partial charge in [0.1, 0.15) is 5.82 Å². The number of halogens is 1. The van der Waals surface area contributed by atoms with E-state index in [0.717, 1.165) is 12.8 Å².